The van der Waals surface area contributed by atoms with Crippen LogP contribution < -0.4 is 0 Å². The molecule has 182 valence electrons. The second kappa shape index (κ2) is 11.4. The lowest BCUT2D eigenvalue weighted by atomic mass is 9.94. The second-order valence-electron chi connectivity index (χ2n) is 10.8. The summed E-state index contributed by atoms with van der Waals surface area (Å²) in [7, 11) is 0. The first-order valence-corrected chi connectivity index (χ1v) is 13.0. The van der Waals surface area contributed by atoms with Crippen molar-refractivity contribution >= 4 is 5.57 Å². The lowest BCUT2D eigenvalue weighted by Crippen LogP contribution is -2.45. The van der Waals surface area contributed by atoms with E-state index in [1.165, 1.54) is 22.3 Å². The summed E-state index contributed by atoms with van der Waals surface area (Å²) in [6, 6.07) is 19.7. The Labute approximate surface area is 206 Å². The fourth-order valence-corrected chi connectivity index (χ4v) is 5.12. The van der Waals surface area contributed by atoms with E-state index in [4.69, 9.17) is 9.47 Å². The minimum absolute atomic E-state index is 0.142. The van der Waals surface area contributed by atoms with E-state index in [2.05, 4.69) is 112 Å². The van der Waals surface area contributed by atoms with Crippen LogP contribution in [0.25, 0.3) is 5.57 Å². The molecule has 0 bridgehead atoms. The number of hydrogen-bond donors (Lipinski definition) is 0. The molecule has 0 aromatic heterocycles. The van der Waals surface area contributed by atoms with E-state index in [9.17, 15) is 0 Å². The van der Waals surface area contributed by atoms with Crippen molar-refractivity contribution in [2.75, 3.05) is 6.54 Å². The molecule has 0 aliphatic carbocycles. The van der Waals surface area contributed by atoms with Gasteiger partial charge in [-0.05, 0) is 60.5 Å². The minimum atomic E-state index is -0.216. The third-order valence-corrected chi connectivity index (χ3v) is 6.71. The van der Waals surface area contributed by atoms with Crippen LogP contribution in [-0.2, 0) is 9.47 Å². The van der Waals surface area contributed by atoms with E-state index in [1.807, 2.05) is 0 Å². The van der Waals surface area contributed by atoms with Gasteiger partial charge in [0.15, 0.2) is 6.29 Å². The molecule has 3 heteroatoms. The zero-order valence-electron chi connectivity index (χ0n) is 21.5. The van der Waals surface area contributed by atoms with Crippen molar-refractivity contribution in [3.63, 3.8) is 0 Å². The largest absolute Gasteiger partial charge is 0.362 e. The van der Waals surface area contributed by atoms with Crippen LogP contribution in [0.1, 0.15) is 69.7 Å². The number of ether oxygens (including phenoxy) is 2. The highest BCUT2D eigenvalue weighted by atomic mass is 16.7. The molecule has 1 saturated heterocycles. The third kappa shape index (κ3) is 6.61. The van der Waals surface area contributed by atoms with Crippen LogP contribution in [0.5, 0.6) is 0 Å². The molecular formula is C31H41NO2. The molecule has 0 saturated carbocycles. The number of nitrogens with zero attached hydrogens (tertiary/aromatic N) is 1. The molecule has 2 aliphatic rings. The molecule has 34 heavy (non-hydrogen) atoms. The van der Waals surface area contributed by atoms with Crippen LogP contribution in [-0.4, -0.2) is 29.9 Å². The first-order chi connectivity index (χ1) is 16.4. The van der Waals surface area contributed by atoms with Crippen molar-refractivity contribution in [1.29, 1.82) is 0 Å². The van der Waals surface area contributed by atoms with E-state index in [0.717, 1.165) is 25.8 Å². The molecule has 3 atom stereocenters. The highest BCUT2D eigenvalue weighted by molar-refractivity contribution is 5.75. The molecule has 4 rings (SSSR count). The number of benzene rings is 2. The summed E-state index contributed by atoms with van der Waals surface area (Å²) in [5.74, 6) is 1.24. The highest BCUT2D eigenvalue weighted by Crippen LogP contribution is 2.34. The Kier molecular flexibility index (Phi) is 8.28. The summed E-state index contributed by atoms with van der Waals surface area (Å²) in [4.78, 5) is 2.38. The van der Waals surface area contributed by atoms with Gasteiger partial charge in [0.05, 0.1) is 24.8 Å². The molecule has 3 nitrogen and oxygen atoms in total. The van der Waals surface area contributed by atoms with Crippen molar-refractivity contribution < 1.29 is 9.47 Å². The Hall–Kier alpha value is -2.36. The predicted molar refractivity (Wildman–Crippen MR) is 141 cm³/mol. The monoisotopic (exact) mass is 459 g/mol. The van der Waals surface area contributed by atoms with Gasteiger partial charge in [-0.25, -0.2) is 0 Å². The van der Waals surface area contributed by atoms with Crippen LogP contribution >= 0.6 is 0 Å². The number of allylic oxidation sites excluding steroid dienone is 2. The standard InChI is InChI=1S/C31H41NO2/c1-22(2)17-28-20-29(18-23(3)4)34-31(33-28)21-32-16-15-27(25-13-11-24(5)12-14-25)19-30(32)26-9-7-6-8-10-26/h6-16,19,22-23,28-31H,17-18,20-21H2,1-5H3. The van der Waals surface area contributed by atoms with Crippen LogP contribution in [0.2, 0.25) is 0 Å². The van der Waals surface area contributed by atoms with Gasteiger partial charge in [-0.15, -0.1) is 0 Å². The van der Waals surface area contributed by atoms with Gasteiger partial charge in [-0.1, -0.05) is 87.9 Å². The average molecular weight is 460 g/mol. The molecule has 1 fully saturated rings. The molecular weight excluding hydrogens is 418 g/mol. The highest BCUT2D eigenvalue weighted by Gasteiger charge is 2.33. The maximum absolute atomic E-state index is 6.50. The van der Waals surface area contributed by atoms with Gasteiger partial charge in [0.2, 0.25) is 0 Å². The van der Waals surface area contributed by atoms with Gasteiger partial charge in [0.1, 0.15) is 0 Å². The molecule has 2 heterocycles. The van der Waals surface area contributed by atoms with Gasteiger partial charge in [-0.3, -0.25) is 0 Å². The van der Waals surface area contributed by atoms with E-state index in [0.29, 0.717) is 11.8 Å². The smallest absolute Gasteiger partial charge is 0.175 e. The second-order valence-corrected chi connectivity index (χ2v) is 10.8. The molecule has 0 spiro atoms. The van der Waals surface area contributed by atoms with Crippen LogP contribution in [0.15, 0.2) is 72.9 Å². The summed E-state index contributed by atoms with van der Waals surface area (Å²) in [5.41, 5.74) is 5.07. The molecule has 0 radical (unpaired) electrons. The zero-order chi connectivity index (χ0) is 24.1. The zero-order valence-corrected chi connectivity index (χ0v) is 21.5. The summed E-state index contributed by atoms with van der Waals surface area (Å²) in [6.07, 6.45) is 10.3. The summed E-state index contributed by atoms with van der Waals surface area (Å²) in [5, 5.41) is 0. The van der Waals surface area contributed by atoms with E-state index in [1.54, 1.807) is 0 Å². The van der Waals surface area contributed by atoms with Crippen molar-refractivity contribution in [3.8, 4) is 0 Å². The topological polar surface area (TPSA) is 21.7 Å². The Balaban J connectivity index is 1.55. The van der Waals surface area contributed by atoms with Gasteiger partial charge in [0, 0.05) is 12.6 Å². The van der Waals surface area contributed by atoms with E-state index in [-0.39, 0.29) is 24.5 Å². The maximum Gasteiger partial charge on any atom is 0.175 e. The minimum Gasteiger partial charge on any atom is -0.362 e. The SMILES string of the molecule is Cc1ccc(C2=CC(c3ccccc3)N(CC3OC(CC(C)C)CC(CC(C)C)O3)C=C2)cc1. The molecule has 3 unspecified atom stereocenters. The number of rotatable bonds is 8. The quantitative estimate of drug-likeness (QED) is 0.407. The normalized spacial score (nSPS) is 25.1. The van der Waals surface area contributed by atoms with Crippen molar-refractivity contribution in [2.45, 2.75) is 78.4 Å². The van der Waals surface area contributed by atoms with Gasteiger partial charge >= 0.3 is 0 Å². The van der Waals surface area contributed by atoms with Gasteiger partial charge in [-0.2, -0.15) is 0 Å². The fraction of sp³-hybridized carbons (Fsp3) is 0.484. The van der Waals surface area contributed by atoms with Crippen LogP contribution in [0, 0.1) is 18.8 Å². The molecule has 2 aromatic carbocycles. The first kappa shape index (κ1) is 24.8. The molecule has 2 aliphatic heterocycles. The molecule has 0 amide bonds. The van der Waals surface area contributed by atoms with Crippen molar-refractivity contribution in [3.05, 3.63) is 89.6 Å². The number of aryl methyl sites for hydroxylation is 1. The fourth-order valence-electron chi connectivity index (χ4n) is 5.12. The lowest BCUT2D eigenvalue weighted by molar-refractivity contribution is -0.251. The van der Waals surface area contributed by atoms with Crippen molar-refractivity contribution in [2.24, 2.45) is 11.8 Å². The Morgan fingerprint density at radius 1 is 0.853 bits per heavy atom. The predicted octanol–water partition coefficient (Wildman–Crippen LogP) is 7.54. The molecule has 0 N–H and O–H groups in total. The van der Waals surface area contributed by atoms with E-state index < -0.39 is 0 Å². The Morgan fingerprint density at radius 3 is 2.06 bits per heavy atom. The Bertz CT molecular complexity index is 943. The molecule has 2 aromatic rings. The first-order valence-electron chi connectivity index (χ1n) is 13.0. The summed E-state index contributed by atoms with van der Waals surface area (Å²) in [6.45, 7) is 12.0. The third-order valence-electron chi connectivity index (χ3n) is 6.71. The van der Waals surface area contributed by atoms with E-state index >= 15 is 0 Å². The Morgan fingerprint density at radius 2 is 1.47 bits per heavy atom. The van der Waals surface area contributed by atoms with Gasteiger partial charge < -0.3 is 14.4 Å². The lowest BCUT2D eigenvalue weighted by Gasteiger charge is -2.41. The summed E-state index contributed by atoms with van der Waals surface area (Å²) < 4.78 is 13.0. The average Bonchev–Trinajstić information content (AvgIpc) is 2.79. The van der Waals surface area contributed by atoms with Crippen LogP contribution in [0.4, 0.5) is 0 Å². The number of hydrogen-bond acceptors (Lipinski definition) is 3. The van der Waals surface area contributed by atoms with Crippen LogP contribution in [0.3, 0.4) is 0 Å². The maximum atomic E-state index is 6.50. The van der Waals surface area contributed by atoms with Crippen molar-refractivity contribution in [1.82, 2.24) is 4.90 Å². The van der Waals surface area contributed by atoms with Gasteiger partial charge in [0.25, 0.3) is 0 Å². The summed E-state index contributed by atoms with van der Waals surface area (Å²) >= 11 is 0.